The van der Waals surface area contributed by atoms with E-state index in [9.17, 15) is 5.11 Å². The minimum Gasteiger partial charge on any atom is -0.394 e. The fourth-order valence-electron chi connectivity index (χ4n) is 2.93. The highest BCUT2D eigenvalue weighted by atomic mass is 32.2. The van der Waals surface area contributed by atoms with Crippen molar-refractivity contribution in [1.29, 1.82) is 0 Å². The zero-order valence-corrected chi connectivity index (χ0v) is 17.7. The first kappa shape index (κ1) is 20.6. The highest BCUT2D eigenvalue weighted by Crippen LogP contribution is 2.32. The van der Waals surface area contributed by atoms with E-state index < -0.39 is 0 Å². The molecule has 4 N–H and O–H groups in total. The number of nitrogens with two attached hydrogens (primary N) is 1. The van der Waals surface area contributed by atoms with Crippen molar-refractivity contribution in [1.82, 2.24) is 15.0 Å². The van der Waals surface area contributed by atoms with Crippen LogP contribution in [0.4, 0.5) is 10.9 Å². The van der Waals surface area contributed by atoms with Crippen LogP contribution < -0.4 is 11.1 Å². The highest BCUT2D eigenvalue weighted by Gasteiger charge is 2.17. The average molecular weight is 416 g/mol. The molecule has 0 aliphatic heterocycles. The van der Waals surface area contributed by atoms with Crippen LogP contribution >= 0.6 is 23.1 Å². The van der Waals surface area contributed by atoms with Crippen molar-refractivity contribution in [3.63, 3.8) is 0 Å². The van der Waals surface area contributed by atoms with Gasteiger partial charge in [-0.2, -0.15) is 0 Å². The summed E-state index contributed by atoms with van der Waals surface area (Å²) in [6.07, 6.45) is 2.69. The maximum atomic E-state index is 9.74. The van der Waals surface area contributed by atoms with E-state index in [-0.39, 0.29) is 12.6 Å². The van der Waals surface area contributed by atoms with Crippen molar-refractivity contribution in [3.8, 4) is 0 Å². The Kier molecular flexibility index (Phi) is 6.88. The highest BCUT2D eigenvalue weighted by molar-refractivity contribution is 7.98. The number of nitrogen functional groups attached to an aromatic ring is 1. The lowest BCUT2D eigenvalue weighted by Gasteiger charge is -2.19. The van der Waals surface area contributed by atoms with Crippen LogP contribution in [0.1, 0.15) is 31.4 Å². The van der Waals surface area contributed by atoms with E-state index in [1.807, 2.05) is 24.3 Å². The third-order valence-corrected chi connectivity index (χ3v) is 5.98. The molecule has 28 heavy (non-hydrogen) atoms. The quantitative estimate of drug-likeness (QED) is 0.351. The van der Waals surface area contributed by atoms with Crippen LogP contribution in [0.5, 0.6) is 0 Å². The van der Waals surface area contributed by atoms with Gasteiger partial charge in [-0.15, -0.1) is 0 Å². The van der Waals surface area contributed by atoms with Crippen molar-refractivity contribution in [2.24, 2.45) is 5.92 Å². The summed E-state index contributed by atoms with van der Waals surface area (Å²) in [4.78, 5) is 13.6. The zero-order chi connectivity index (χ0) is 20.1. The maximum Gasteiger partial charge on any atom is 0.191 e. The van der Waals surface area contributed by atoms with Gasteiger partial charge < -0.3 is 16.2 Å². The lowest BCUT2D eigenvalue weighted by molar-refractivity contribution is 0.259. The first-order valence-electron chi connectivity index (χ1n) is 9.14. The average Bonchev–Trinajstić information content (AvgIpc) is 3.06. The van der Waals surface area contributed by atoms with Crippen LogP contribution in [0.2, 0.25) is 0 Å². The third-order valence-electron chi connectivity index (χ3n) is 4.20. The van der Waals surface area contributed by atoms with Gasteiger partial charge in [0.15, 0.2) is 21.8 Å². The molecule has 1 aromatic carbocycles. The summed E-state index contributed by atoms with van der Waals surface area (Å²) in [6.45, 7) is 8.16. The molecule has 2 aromatic heterocycles. The number of nitrogens with one attached hydrogen (secondary N) is 1. The van der Waals surface area contributed by atoms with Crippen molar-refractivity contribution in [2.45, 2.75) is 37.2 Å². The van der Waals surface area contributed by atoms with Crippen LogP contribution in [0.3, 0.4) is 0 Å². The largest absolute Gasteiger partial charge is 0.394 e. The SMILES string of the molecule is C=Cc1ccccc1CSc1nc(N[C@@H](CO)CC(C)C)c2sc(N)nc2n1. The van der Waals surface area contributed by atoms with Gasteiger partial charge in [-0.05, 0) is 23.5 Å². The molecular formula is C20H25N5OS2. The number of thioether (sulfide) groups is 1. The first-order chi connectivity index (χ1) is 13.5. The Hall–Kier alpha value is -2.16. The van der Waals surface area contributed by atoms with Crippen molar-refractivity contribution in [2.75, 3.05) is 17.7 Å². The van der Waals surface area contributed by atoms with Crippen LogP contribution in [-0.4, -0.2) is 32.7 Å². The fourth-order valence-corrected chi connectivity index (χ4v) is 4.51. The Morgan fingerprint density at radius 2 is 2.07 bits per heavy atom. The van der Waals surface area contributed by atoms with Crippen LogP contribution in [-0.2, 0) is 5.75 Å². The number of fused-ring (bicyclic) bond motifs is 1. The van der Waals surface area contributed by atoms with Gasteiger partial charge in [-0.25, -0.2) is 15.0 Å². The Balaban J connectivity index is 1.87. The second kappa shape index (κ2) is 9.36. The number of rotatable bonds is 9. The molecule has 1 atom stereocenters. The van der Waals surface area contributed by atoms with Gasteiger partial charge in [0.05, 0.1) is 12.6 Å². The number of thiazole rings is 1. The van der Waals surface area contributed by atoms with E-state index in [1.54, 1.807) is 11.8 Å². The molecule has 2 heterocycles. The molecule has 0 aliphatic rings. The van der Waals surface area contributed by atoms with E-state index in [0.717, 1.165) is 22.4 Å². The number of hydrogen-bond acceptors (Lipinski definition) is 8. The number of aliphatic hydroxyl groups is 1. The Bertz CT molecular complexity index is 957. The van der Waals surface area contributed by atoms with Gasteiger partial charge in [0.1, 0.15) is 4.70 Å². The molecule has 0 aliphatic carbocycles. The lowest BCUT2D eigenvalue weighted by Crippen LogP contribution is -2.26. The normalized spacial score (nSPS) is 12.4. The van der Waals surface area contributed by atoms with Gasteiger partial charge >= 0.3 is 0 Å². The summed E-state index contributed by atoms with van der Waals surface area (Å²) in [5, 5.41) is 14.2. The summed E-state index contributed by atoms with van der Waals surface area (Å²) in [5.41, 5.74) is 8.76. The molecular weight excluding hydrogens is 390 g/mol. The summed E-state index contributed by atoms with van der Waals surface area (Å²) in [5.74, 6) is 1.86. The van der Waals surface area contributed by atoms with E-state index in [2.05, 4.69) is 41.8 Å². The molecule has 3 rings (SSSR count). The minimum atomic E-state index is -0.0826. The molecule has 6 nitrogen and oxygen atoms in total. The van der Waals surface area contributed by atoms with Gasteiger partial charge in [0.2, 0.25) is 0 Å². The lowest BCUT2D eigenvalue weighted by atomic mass is 10.0. The van der Waals surface area contributed by atoms with Crippen LogP contribution in [0.15, 0.2) is 36.0 Å². The smallest absolute Gasteiger partial charge is 0.191 e. The van der Waals surface area contributed by atoms with Crippen molar-refractivity contribution in [3.05, 3.63) is 42.0 Å². The number of nitrogens with zero attached hydrogens (tertiary/aromatic N) is 3. The van der Waals surface area contributed by atoms with Crippen LogP contribution in [0, 0.1) is 5.92 Å². The molecule has 0 saturated heterocycles. The first-order valence-corrected chi connectivity index (χ1v) is 10.9. The van der Waals surface area contributed by atoms with E-state index in [1.165, 1.54) is 16.9 Å². The topological polar surface area (TPSA) is 97.0 Å². The van der Waals surface area contributed by atoms with Gasteiger partial charge in [-0.1, -0.05) is 73.9 Å². The fraction of sp³-hybridized carbons (Fsp3) is 0.350. The molecule has 0 spiro atoms. The third kappa shape index (κ3) is 5.01. The summed E-state index contributed by atoms with van der Waals surface area (Å²) in [6, 6.07) is 8.04. The van der Waals surface area contributed by atoms with Crippen LogP contribution in [0.25, 0.3) is 16.4 Å². The molecule has 8 heteroatoms. The monoisotopic (exact) mass is 415 g/mol. The van der Waals surface area contributed by atoms with Gasteiger partial charge in [0, 0.05) is 5.75 Å². The Morgan fingerprint density at radius 3 is 2.79 bits per heavy atom. The van der Waals surface area contributed by atoms with E-state index in [0.29, 0.717) is 27.7 Å². The van der Waals surface area contributed by atoms with Gasteiger partial charge in [-0.3, -0.25) is 0 Å². The maximum absolute atomic E-state index is 9.74. The predicted octanol–water partition coefficient (Wildman–Crippen LogP) is 4.42. The van der Waals surface area contributed by atoms with E-state index in [4.69, 9.17) is 10.7 Å². The minimum absolute atomic E-state index is 0.0349. The molecule has 148 valence electrons. The van der Waals surface area contributed by atoms with Crippen molar-refractivity contribution < 1.29 is 5.11 Å². The molecule has 3 aromatic rings. The summed E-state index contributed by atoms with van der Waals surface area (Å²) in [7, 11) is 0. The zero-order valence-electron chi connectivity index (χ0n) is 16.1. The molecule has 0 saturated carbocycles. The number of anilines is 2. The number of aromatic nitrogens is 3. The Morgan fingerprint density at radius 1 is 1.29 bits per heavy atom. The molecule has 0 fully saturated rings. The summed E-state index contributed by atoms with van der Waals surface area (Å²) >= 11 is 2.90. The molecule has 0 unspecified atom stereocenters. The second-order valence-corrected chi connectivity index (χ2v) is 8.88. The number of benzene rings is 1. The standard InChI is InChI=1S/C20H25N5OS2/c1-4-13-7-5-6-8-14(13)11-27-20-24-17(22-15(10-26)9-12(2)3)16-18(25-20)23-19(21)28-16/h4-8,12,15,26H,1,9-11H2,2-3H3,(H3,21,22,23,24,25)/t15-/m1/s1. The van der Waals surface area contributed by atoms with Gasteiger partial charge in [0.25, 0.3) is 0 Å². The molecule has 0 bridgehead atoms. The number of hydrogen-bond donors (Lipinski definition) is 3. The number of aliphatic hydroxyl groups excluding tert-OH is 1. The predicted molar refractivity (Wildman–Crippen MR) is 120 cm³/mol. The Labute approximate surface area is 173 Å². The summed E-state index contributed by atoms with van der Waals surface area (Å²) < 4.78 is 0.815. The van der Waals surface area contributed by atoms with Crippen molar-refractivity contribution >= 4 is 50.5 Å². The second-order valence-electron chi connectivity index (χ2n) is 6.90. The molecule has 0 amide bonds. The molecule has 0 radical (unpaired) electrons. The van der Waals surface area contributed by atoms with E-state index >= 15 is 0 Å².